The Morgan fingerprint density at radius 3 is 2.94 bits per heavy atom. The number of aliphatic hydroxyl groups excluding tert-OH is 1. The Hall–Kier alpha value is -0.160. The smallest absolute Gasteiger partial charge is 0.0899 e. The van der Waals surface area contributed by atoms with Crippen LogP contribution in [0.2, 0.25) is 0 Å². The van der Waals surface area contributed by atoms with Gasteiger partial charge in [0, 0.05) is 19.7 Å². The second kappa shape index (κ2) is 8.01. The zero-order chi connectivity index (χ0) is 11.8. The largest absolute Gasteiger partial charge is 0.389 e. The van der Waals surface area contributed by atoms with Gasteiger partial charge in [-0.05, 0) is 39.4 Å². The number of ether oxygens (including phenoxy) is 1. The summed E-state index contributed by atoms with van der Waals surface area (Å²) in [6, 6.07) is 0.677. The molecule has 0 aromatic rings. The van der Waals surface area contributed by atoms with Gasteiger partial charge in [-0.3, -0.25) is 0 Å². The first-order valence-corrected chi connectivity index (χ1v) is 6.31. The van der Waals surface area contributed by atoms with E-state index in [4.69, 9.17) is 4.74 Å². The van der Waals surface area contributed by atoms with Crippen molar-refractivity contribution in [1.29, 1.82) is 0 Å². The van der Waals surface area contributed by atoms with Crippen LogP contribution in [0.5, 0.6) is 0 Å². The van der Waals surface area contributed by atoms with Crippen molar-refractivity contribution in [2.24, 2.45) is 0 Å². The van der Waals surface area contributed by atoms with Crippen molar-refractivity contribution in [3.63, 3.8) is 0 Å². The number of nitrogens with zero attached hydrogens (tertiary/aromatic N) is 1. The van der Waals surface area contributed by atoms with E-state index in [2.05, 4.69) is 17.3 Å². The lowest BCUT2D eigenvalue weighted by Gasteiger charge is -2.26. The van der Waals surface area contributed by atoms with Crippen molar-refractivity contribution in [2.75, 3.05) is 40.4 Å². The predicted octanol–water partition coefficient (Wildman–Crippen LogP) is 0.458. The molecule has 0 bridgehead atoms. The van der Waals surface area contributed by atoms with Crippen LogP contribution in [0.15, 0.2) is 0 Å². The van der Waals surface area contributed by atoms with Crippen molar-refractivity contribution in [3.8, 4) is 0 Å². The van der Waals surface area contributed by atoms with E-state index in [-0.39, 0.29) is 6.10 Å². The Labute approximate surface area is 99.0 Å². The lowest BCUT2D eigenvalue weighted by atomic mass is 10.0. The molecule has 0 aromatic heterocycles. The number of nitrogens with one attached hydrogen (secondary N) is 1. The zero-order valence-corrected chi connectivity index (χ0v) is 10.6. The van der Waals surface area contributed by atoms with E-state index in [1.807, 2.05) is 0 Å². The summed E-state index contributed by atoms with van der Waals surface area (Å²) >= 11 is 0. The third-order valence-electron chi connectivity index (χ3n) is 3.15. The van der Waals surface area contributed by atoms with Gasteiger partial charge in [-0.1, -0.05) is 6.42 Å². The molecule has 4 nitrogen and oxygen atoms in total. The molecule has 1 aliphatic rings. The lowest BCUT2D eigenvalue weighted by Crippen LogP contribution is -2.38. The van der Waals surface area contributed by atoms with Crippen molar-refractivity contribution in [2.45, 2.75) is 37.8 Å². The second-order valence-electron chi connectivity index (χ2n) is 4.81. The molecule has 2 unspecified atom stereocenters. The predicted molar refractivity (Wildman–Crippen MR) is 65.6 cm³/mol. The van der Waals surface area contributed by atoms with Crippen LogP contribution in [0, 0.1) is 0 Å². The summed E-state index contributed by atoms with van der Waals surface area (Å²) in [4.78, 5) is 2.18. The Bertz CT molecular complexity index is 172. The number of rotatable bonds is 7. The van der Waals surface area contributed by atoms with E-state index in [1.165, 1.54) is 32.2 Å². The Morgan fingerprint density at radius 1 is 1.50 bits per heavy atom. The van der Waals surface area contributed by atoms with Crippen LogP contribution in [0.3, 0.4) is 0 Å². The summed E-state index contributed by atoms with van der Waals surface area (Å²) < 4.78 is 4.91. The van der Waals surface area contributed by atoms with Gasteiger partial charge in [0.15, 0.2) is 0 Å². The number of piperidine rings is 1. The molecule has 0 amide bonds. The molecule has 96 valence electrons. The van der Waals surface area contributed by atoms with Crippen LogP contribution in [-0.4, -0.2) is 62.6 Å². The number of hydrogen-bond donors (Lipinski definition) is 2. The summed E-state index contributed by atoms with van der Waals surface area (Å²) in [6.07, 6.45) is 4.78. The normalized spacial score (nSPS) is 23.6. The van der Waals surface area contributed by atoms with Gasteiger partial charge < -0.3 is 20.1 Å². The van der Waals surface area contributed by atoms with Gasteiger partial charge in [-0.25, -0.2) is 0 Å². The molecule has 1 saturated heterocycles. The van der Waals surface area contributed by atoms with E-state index in [1.54, 1.807) is 7.11 Å². The Kier molecular flexibility index (Phi) is 6.96. The highest BCUT2D eigenvalue weighted by atomic mass is 16.5. The summed E-state index contributed by atoms with van der Waals surface area (Å²) in [5.74, 6) is 0. The molecule has 2 atom stereocenters. The van der Waals surface area contributed by atoms with Gasteiger partial charge in [-0.2, -0.15) is 0 Å². The van der Waals surface area contributed by atoms with Gasteiger partial charge in [0.1, 0.15) is 0 Å². The minimum Gasteiger partial charge on any atom is -0.389 e. The molecular formula is C12H26N2O2. The Morgan fingerprint density at radius 2 is 2.31 bits per heavy atom. The zero-order valence-electron chi connectivity index (χ0n) is 10.6. The maximum Gasteiger partial charge on any atom is 0.0899 e. The van der Waals surface area contributed by atoms with E-state index in [9.17, 15) is 5.11 Å². The molecule has 0 saturated carbocycles. The van der Waals surface area contributed by atoms with E-state index < -0.39 is 0 Å². The van der Waals surface area contributed by atoms with Gasteiger partial charge in [0.25, 0.3) is 0 Å². The first-order valence-electron chi connectivity index (χ1n) is 6.31. The molecule has 16 heavy (non-hydrogen) atoms. The van der Waals surface area contributed by atoms with E-state index in [0.29, 0.717) is 19.2 Å². The van der Waals surface area contributed by atoms with Crippen molar-refractivity contribution in [1.82, 2.24) is 10.2 Å². The maximum absolute atomic E-state index is 9.57. The average molecular weight is 230 g/mol. The minimum absolute atomic E-state index is 0.366. The summed E-state index contributed by atoms with van der Waals surface area (Å²) in [7, 11) is 3.68. The third kappa shape index (κ3) is 5.80. The monoisotopic (exact) mass is 230 g/mol. The van der Waals surface area contributed by atoms with E-state index in [0.717, 1.165) is 6.54 Å². The summed E-state index contributed by atoms with van der Waals surface area (Å²) in [5.41, 5.74) is 0. The fourth-order valence-electron chi connectivity index (χ4n) is 2.24. The highest BCUT2D eigenvalue weighted by Gasteiger charge is 2.14. The van der Waals surface area contributed by atoms with Gasteiger partial charge in [0.2, 0.25) is 0 Å². The SMILES string of the molecule is COCC(O)CN(C)CCC1CCCCN1. The lowest BCUT2D eigenvalue weighted by molar-refractivity contribution is 0.0424. The van der Waals surface area contributed by atoms with E-state index >= 15 is 0 Å². The quantitative estimate of drug-likeness (QED) is 0.667. The molecule has 1 aliphatic heterocycles. The molecule has 1 rings (SSSR count). The fourth-order valence-corrected chi connectivity index (χ4v) is 2.24. The van der Waals surface area contributed by atoms with Crippen LogP contribution in [0.1, 0.15) is 25.7 Å². The summed E-state index contributed by atoms with van der Waals surface area (Å²) in [5, 5.41) is 13.1. The number of hydrogen-bond acceptors (Lipinski definition) is 4. The molecule has 2 N–H and O–H groups in total. The molecule has 0 spiro atoms. The minimum atomic E-state index is -0.366. The molecule has 0 radical (unpaired) electrons. The molecule has 0 aliphatic carbocycles. The van der Waals surface area contributed by atoms with Crippen LogP contribution < -0.4 is 5.32 Å². The number of aliphatic hydroxyl groups is 1. The topological polar surface area (TPSA) is 44.7 Å². The Balaban J connectivity index is 2.06. The van der Waals surface area contributed by atoms with Crippen LogP contribution >= 0.6 is 0 Å². The highest BCUT2D eigenvalue weighted by molar-refractivity contribution is 4.73. The first kappa shape index (κ1) is 13.9. The van der Waals surface area contributed by atoms with Crippen molar-refractivity contribution < 1.29 is 9.84 Å². The average Bonchev–Trinajstić information content (AvgIpc) is 2.28. The maximum atomic E-state index is 9.57. The number of methoxy groups -OCH3 is 1. The fraction of sp³-hybridized carbons (Fsp3) is 1.00. The molecule has 1 heterocycles. The summed E-state index contributed by atoms with van der Waals surface area (Å²) in [6.45, 7) is 3.33. The highest BCUT2D eigenvalue weighted by Crippen LogP contribution is 2.10. The molecule has 1 fully saturated rings. The van der Waals surface area contributed by atoms with Gasteiger partial charge in [0.05, 0.1) is 12.7 Å². The molecular weight excluding hydrogens is 204 g/mol. The third-order valence-corrected chi connectivity index (χ3v) is 3.15. The van der Waals surface area contributed by atoms with Crippen molar-refractivity contribution >= 4 is 0 Å². The molecule has 0 aromatic carbocycles. The first-order chi connectivity index (χ1) is 7.72. The van der Waals surface area contributed by atoms with Crippen molar-refractivity contribution in [3.05, 3.63) is 0 Å². The van der Waals surface area contributed by atoms with Crippen LogP contribution in [0.25, 0.3) is 0 Å². The standard InChI is InChI=1S/C12H26N2O2/c1-14(9-12(15)10-16-2)8-6-11-5-3-4-7-13-11/h11-13,15H,3-10H2,1-2H3. The van der Waals surface area contributed by atoms with Crippen LogP contribution in [0.4, 0.5) is 0 Å². The second-order valence-corrected chi connectivity index (χ2v) is 4.81. The van der Waals surface area contributed by atoms with Crippen LogP contribution in [-0.2, 0) is 4.74 Å². The van der Waals surface area contributed by atoms with Gasteiger partial charge >= 0.3 is 0 Å². The molecule has 4 heteroatoms. The van der Waals surface area contributed by atoms with Gasteiger partial charge in [-0.15, -0.1) is 0 Å². The number of likely N-dealkylation sites (N-methyl/N-ethyl adjacent to an activating group) is 1.